The van der Waals surface area contributed by atoms with Gasteiger partial charge in [0.05, 0.1) is 14.2 Å². The van der Waals surface area contributed by atoms with E-state index in [0.29, 0.717) is 11.5 Å². The van der Waals surface area contributed by atoms with Gasteiger partial charge in [0.25, 0.3) is 0 Å². The first-order chi connectivity index (χ1) is 6.17. The van der Waals surface area contributed by atoms with E-state index < -0.39 is 4.11 Å². The van der Waals surface area contributed by atoms with E-state index in [1.807, 2.05) is 22.6 Å². The third-order valence-corrected chi connectivity index (χ3v) is 2.37. The van der Waals surface area contributed by atoms with E-state index in [-0.39, 0.29) is 0 Å². The summed E-state index contributed by atoms with van der Waals surface area (Å²) in [5.74, 6) is 1.37. The number of aliphatic hydroxyl groups excluding tert-OH is 1. The average Bonchev–Trinajstić information content (AvgIpc) is 2.16. The summed E-state index contributed by atoms with van der Waals surface area (Å²) in [6, 6.07) is 5.32. The van der Waals surface area contributed by atoms with Crippen LogP contribution in [0.15, 0.2) is 18.2 Å². The Morgan fingerprint density at radius 3 is 1.92 bits per heavy atom. The van der Waals surface area contributed by atoms with E-state index in [1.165, 1.54) is 0 Å². The van der Waals surface area contributed by atoms with Gasteiger partial charge in [-0.2, -0.15) is 0 Å². The van der Waals surface area contributed by atoms with Gasteiger partial charge in [-0.05, 0) is 40.3 Å². The lowest BCUT2D eigenvalue weighted by atomic mass is 10.2. The topological polar surface area (TPSA) is 38.7 Å². The number of rotatable bonds is 3. The molecule has 13 heavy (non-hydrogen) atoms. The molecule has 0 saturated heterocycles. The number of aliphatic hydroxyl groups is 1. The Labute approximate surface area is 90.8 Å². The Morgan fingerprint density at radius 2 is 1.62 bits per heavy atom. The summed E-state index contributed by atoms with van der Waals surface area (Å²) in [4.78, 5) is 0. The number of methoxy groups -OCH3 is 2. The molecule has 0 fully saturated rings. The molecule has 0 aromatic heterocycles. The maximum atomic E-state index is 9.34. The van der Waals surface area contributed by atoms with Gasteiger partial charge in [0.2, 0.25) is 0 Å². The second kappa shape index (κ2) is 4.66. The van der Waals surface area contributed by atoms with E-state index in [2.05, 4.69) is 0 Å². The number of benzene rings is 1. The first-order valence-corrected chi connectivity index (χ1v) is 4.97. The molecule has 1 unspecified atom stereocenters. The van der Waals surface area contributed by atoms with Gasteiger partial charge in [0.15, 0.2) is 0 Å². The standard InChI is InChI=1S/C9H11IO3/c1-12-7-3-6(9(10)11)4-8(5-7)13-2/h3-5,9,11H,1-2H3. The first kappa shape index (κ1) is 10.6. The maximum Gasteiger partial charge on any atom is 0.130 e. The first-order valence-electron chi connectivity index (χ1n) is 3.72. The lowest BCUT2D eigenvalue weighted by Crippen LogP contribution is -1.92. The Kier molecular flexibility index (Phi) is 3.80. The predicted molar refractivity (Wildman–Crippen MR) is 58.5 cm³/mol. The van der Waals surface area contributed by atoms with Crippen molar-refractivity contribution < 1.29 is 14.6 Å². The fourth-order valence-corrected chi connectivity index (χ4v) is 1.33. The van der Waals surface area contributed by atoms with Crippen molar-refractivity contribution in [3.05, 3.63) is 23.8 Å². The quantitative estimate of drug-likeness (QED) is 0.685. The summed E-state index contributed by atoms with van der Waals surface area (Å²) in [7, 11) is 3.16. The predicted octanol–water partition coefficient (Wildman–Crippen LogP) is 2.13. The maximum absolute atomic E-state index is 9.34. The monoisotopic (exact) mass is 294 g/mol. The summed E-state index contributed by atoms with van der Waals surface area (Å²) in [6.45, 7) is 0. The molecule has 72 valence electrons. The van der Waals surface area contributed by atoms with Gasteiger partial charge in [-0.3, -0.25) is 0 Å². The third-order valence-electron chi connectivity index (χ3n) is 1.65. The van der Waals surface area contributed by atoms with Crippen molar-refractivity contribution in [1.29, 1.82) is 0 Å². The molecule has 1 N–H and O–H groups in total. The van der Waals surface area contributed by atoms with E-state index in [4.69, 9.17) is 9.47 Å². The molecule has 0 aliphatic carbocycles. The SMILES string of the molecule is COc1cc(OC)cc(C(O)I)c1. The molecule has 0 amide bonds. The molecule has 1 rings (SSSR count). The van der Waals surface area contributed by atoms with Crippen LogP contribution in [0, 0.1) is 0 Å². The second-order valence-corrected chi connectivity index (χ2v) is 3.66. The van der Waals surface area contributed by atoms with Crippen LogP contribution in [0.3, 0.4) is 0 Å². The summed E-state index contributed by atoms with van der Waals surface area (Å²) in [5, 5.41) is 9.34. The lowest BCUT2D eigenvalue weighted by molar-refractivity contribution is 0.284. The summed E-state index contributed by atoms with van der Waals surface area (Å²) >= 11 is 1.92. The lowest BCUT2D eigenvalue weighted by Gasteiger charge is -2.08. The van der Waals surface area contributed by atoms with Crippen LogP contribution in [-0.2, 0) is 0 Å². The third kappa shape index (κ3) is 2.73. The van der Waals surface area contributed by atoms with Crippen molar-refractivity contribution in [1.82, 2.24) is 0 Å². The second-order valence-electron chi connectivity index (χ2n) is 2.48. The zero-order valence-electron chi connectivity index (χ0n) is 7.45. The van der Waals surface area contributed by atoms with Gasteiger partial charge < -0.3 is 14.6 Å². The van der Waals surface area contributed by atoms with Crippen LogP contribution >= 0.6 is 22.6 Å². The van der Waals surface area contributed by atoms with Crippen molar-refractivity contribution >= 4 is 22.6 Å². The highest BCUT2D eigenvalue weighted by Crippen LogP contribution is 2.28. The van der Waals surface area contributed by atoms with Crippen LogP contribution in [-0.4, -0.2) is 19.3 Å². The smallest absolute Gasteiger partial charge is 0.130 e. The Morgan fingerprint density at radius 1 is 1.15 bits per heavy atom. The molecular weight excluding hydrogens is 283 g/mol. The minimum absolute atomic E-state index is 0.540. The van der Waals surface area contributed by atoms with Crippen LogP contribution < -0.4 is 9.47 Å². The molecule has 0 bridgehead atoms. The molecule has 0 aliphatic rings. The molecule has 1 aromatic rings. The molecule has 3 nitrogen and oxygen atoms in total. The number of hydrogen-bond donors (Lipinski definition) is 1. The molecule has 0 radical (unpaired) electrons. The van der Waals surface area contributed by atoms with Crippen molar-refractivity contribution in [2.45, 2.75) is 4.11 Å². The zero-order valence-corrected chi connectivity index (χ0v) is 9.61. The van der Waals surface area contributed by atoms with Gasteiger partial charge in [0, 0.05) is 6.07 Å². The highest BCUT2D eigenvalue weighted by atomic mass is 127. The Hall–Kier alpha value is -0.490. The zero-order chi connectivity index (χ0) is 9.84. The van der Waals surface area contributed by atoms with Crippen molar-refractivity contribution in [3.8, 4) is 11.5 Å². The van der Waals surface area contributed by atoms with Crippen LogP contribution in [0.1, 0.15) is 9.67 Å². The highest BCUT2D eigenvalue weighted by molar-refractivity contribution is 14.1. The van der Waals surface area contributed by atoms with Gasteiger partial charge in [-0.25, -0.2) is 0 Å². The highest BCUT2D eigenvalue weighted by Gasteiger charge is 2.06. The molecule has 1 atom stereocenters. The summed E-state index contributed by atoms with van der Waals surface area (Å²) < 4.78 is 9.57. The van der Waals surface area contributed by atoms with Crippen molar-refractivity contribution in [3.63, 3.8) is 0 Å². The van der Waals surface area contributed by atoms with Crippen LogP contribution in [0.4, 0.5) is 0 Å². The van der Waals surface area contributed by atoms with Gasteiger partial charge in [-0.1, -0.05) is 0 Å². The molecular formula is C9H11IO3. The molecule has 0 spiro atoms. The fraction of sp³-hybridized carbons (Fsp3) is 0.333. The average molecular weight is 294 g/mol. The molecule has 0 heterocycles. The molecule has 0 aliphatic heterocycles. The summed E-state index contributed by atoms with van der Waals surface area (Å²) in [5.41, 5.74) is 0.775. The number of alkyl halides is 1. The fourth-order valence-electron chi connectivity index (χ4n) is 0.967. The number of halogens is 1. The number of ether oxygens (including phenoxy) is 2. The largest absolute Gasteiger partial charge is 0.497 e. The minimum atomic E-state index is -0.540. The molecule has 0 saturated carbocycles. The van der Waals surface area contributed by atoms with Gasteiger partial charge >= 0.3 is 0 Å². The number of hydrogen-bond acceptors (Lipinski definition) is 3. The Balaban J connectivity index is 3.07. The molecule has 1 aromatic carbocycles. The van der Waals surface area contributed by atoms with Crippen molar-refractivity contribution in [2.24, 2.45) is 0 Å². The normalized spacial score (nSPS) is 12.3. The minimum Gasteiger partial charge on any atom is -0.497 e. The Bertz CT molecular complexity index is 264. The van der Waals surface area contributed by atoms with Crippen molar-refractivity contribution in [2.75, 3.05) is 14.2 Å². The summed E-state index contributed by atoms with van der Waals surface area (Å²) in [6.07, 6.45) is 0. The van der Waals surface area contributed by atoms with E-state index in [0.717, 1.165) is 5.56 Å². The van der Waals surface area contributed by atoms with E-state index in [9.17, 15) is 5.11 Å². The van der Waals surface area contributed by atoms with Gasteiger partial charge in [-0.15, -0.1) is 0 Å². The van der Waals surface area contributed by atoms with Crippen LogP contribution in [0.25, 0.3) is 0 Å². The van der Waals surface area contributed by atoms with Crippen LogP contribution in [0.5, 0.6) is 11.5 Å². The molecule has 4 heteroatoms. The van der Waals surface area contributed by atoms with E-state index in [1.54, 1.807) is 32.4 Å². The van der Waals surface area contributed by atoms with Crippen LogP contribution in [0.2, 0.25) is 0 Å². The van der Waals surface area contributed by atoms with E-state index >= 15 is 0 Å². The van der Waals surface area contributed by atoms with Gasteiger partial charge in [0.1, 0.15) is 15.6 Å².